The van der Waals surface area contributed by atoms with Crippen molar-refractivity contribution in [3.63, 3.8) is 0 Å². The Labute approximate surface area is 166 Å². The minimum atomic E-state index is -0.590. The molecule has 1 aliphatic rings. The summed E-state index contributed by atoms with van der Waals surface area (Å²) in [7, 11) is 0. The molecule has 0 spiro atoms. The van der Waals surface area contributed by atoms with Crippen LogP contribution in [-0.4, -0.2) is 14.7 Å². The number of rotatable bonds is 4. The Morgan fingerprint density at radius 1 is 1.28 bits per heavy atom. The predicted octanol–water partition coefficient (Wildman–Crippen LogP) is 3.37. The maximum Gasteiger partial charge on any atom is 0.269 e. The standard InChI is InChI=1S/C21H17N5O3/c1-13-18-19(15-8-5-9-16(10-15)26(27)28)17(11-22)20(23)29-21(18)25(24-13)12-14-6-3-2-4-7-14/h2-10,19H,12,23H2,1H3/t19-/m1/s1. The molecule has 3 aromatic rings. The monoisotopic (exact) mass is 387 g/mol. The summed E-state index contributed by atoms with van der Waals surface area (Å²) in [6.45, 7) is 2.29. The molecule has 2 heterocycles. The maximum atomic E-state index is 11.2. The number of hydrogen-bond donors (Lipinski definition) is 1. The molecule has 1 aromatic heterocycles. The number of nitrogens with two attached hydrogens (primary N) is 1. The average Bonchev–Trinajstić information content (AvgIpc) is 3.02. The lowest BCUT2D eigenvalue weighted by Crippen LogP contribution is -2.22. The quantitative estimate of drug-likeness (QED) is 0.541. The first kappa shape index (κ1) is 18.3. The van der Waals surface area contributed by atoms with Crippen molar-refractivity contribution in [2.45, 2.75) is 19.4 Å². The van der Waals surface area contributed by atoms with Crippen LogP contribution in [-0.2, 0) is 6.54 Å². The fraction of sp³-hybridized carbons (Fsp3) is 0.143. The molecule has 0 radical (unpaired) electrons. The molecule has 144 valence electrons. The molecule has 29 heavy (non-hydrogen) atoms. The third kappa shape index (κ3) is 3.19. The second-order valence-corrected chi connectivity index (χ2v) is 6.72. The summed E-state index contributed by atoms with van der Waals surface area (Å²) >= 11 is 0. The van der Waals surface area contributed by atoms with Gasteiger partial charge in [-0.2, -0.15) is 10.4 Å². The minimum Gasteiger partial charge on any atom is -0.422 e. The molecule has 1 atom stereocenters. The summed E-state index contributed by atoms with van der Waals surface area (Å²) in [4.78, 5) is 10.8. The van der Waals surface area contributed by atoms with Gasteiger partial charge in [0.05, 0.1) is 28.6 Å². The van der Waals surface area contributed by atoms with E-state index in [2.05, 4.69) is 11.2 Å². The van der Waals surface area contributed by atoms with Crippen LogP contribution >= 0.6 is 0 Å². The largest absolute Gasteiger partial charge is 0.422 e. The van der Waals surface area contributed by atoms with Gasteiger partial charge >= 0.3 is 0 Å². The van der Waals surface area contributed by atoms with Crippen molar-refractivity contribution in [1.82, 2.24) is 9.78 Å². The Kier molecular flexibility index (Phi) is 4.49. The first-order valence-corrected chi connectivity index (χ1v) is 8.92. The average molecular weight is 387 g/mol. The van der Waals surface area contributed by atoms with Crippen molar-refractivity contribution in [3.8, 4) is 11.9 Å². The van der Waals surface area contributed by atoms with Gasteiger partial charge < -0.3 is 10.5 Å². The van der Waals surface area contributed by atoms with E-state index in [1.165, 1.54) is 12.1 Å². The van der Waals surface area contributed by atoms with Crippen LogP contribution in [0.4, 0.5) is 5.69 Å². The molecule has 0 fully saturated rings. The van der Waals surface area contributed by atoms with Gasteiger partial charge in [0.2, 0.25) is 11.8 Å². The lowest BCUT2D eigenvalue weighted by atomic mass is 9.84. The number of aryl methyl sites for hydroxylation is 1. The van der Waals surface area contributed by atoms with E-state index in [-0.39, 0.29) is 17.1 Å². The lowest BCUT2D eigenvalue weighted by molar-refractivity contribution is -0.384. The molecule has 0 saturated heterocycles. The molecule has 0 unspecified atom stereocenters. The highest BCUT2D eigenvalue weighted by Gasteiger charge is 2.36. The molecule has 0 bridgehead atoms. The number of nitriles is 1. The van der Waals surface area contributed by atoms with Crippen molar-refractivity contribution < 1.29 is 9.66 Å². The normalized spacial score (nSPS) is 15.4. The summed E-state index contributed by atoms with van der Waals surface area (Å²) < 4.78 is 7.49. The zero-order chi connectivity index (χ0) is 20.5. The molecule has 2 aromatic carbocycles. The molecule has 0 amide bonds. The topological polar surface area (TPSA) is 120 Å². The Morgan fingerprint density at radius 3 is 2.72 bits per heavy atom. The number of aromatic nitrogens is 2. The number of nitrogens with zero attached hydrogens (tertiary/aromatic N) is 4. The number of benzene rings is 2. The van der Waals surface area contributed by atoms with Crippen LogP contribution in [0, 0.1) is 28.4 Å². The lowest BCUT2D eigenvalue weighted by Gasteiger charge is -2.24. The molecule has 8 heteroatoms. The highest BCUT2D eigenvalue weighted by molar-refractivity contribution is 5.56. The van der Waals surface area contributed by atoms with E-state index in [0.29, 0.717) is 29.2 Å². The fourth-order valence-electron chi connectivity index (χ4n) is 3.59. The number of ether oxygens (including phenoxy) is 1. The molecular formula is C21H17N5O3. The fourth-order valence-corrected chi connectivity index (χ4v) is 3.59. The minimum absolute atomic E-state index is 0.0225. The molecule has 2 N–H and O–H groups in total. The Hall–Kier alpha value is -4.12. The first-order chi connectivity index (χ1) is 14.0. The third-order valence-corrected chi connectivity index (χ3v) is 4.88. The van der Waals surface area contributed by atoms with Crippen LogP contribution in [0.15, 0.2) is 66.1 Å². The van der Waals surface area contributed by atoms with E-state index >= 15 is 0 Å². The van der Waals surface area contributed by atoms with E-state index < -0.39 is 10.8 Å². The molecule has 0 saturated carbocycles. The molecule has 1 aliphatic heterocycles. The number of fused-ring (bicyclic) bond motifs is 1. The van der Waals surface area contributed by atoms with Gasteiger partial charge in [0.15, 0.2) is 0 Å². The van der Waals surface area contributed by atoms with Gasteiger partial charge in [-0.3, -0.25) is 10.1 Å². The van der Waals surface area contributed by atoms with Gasteiger partial charge in [0.1, 0.15) is 11.6 Å². The van der Waals surface area contributed by atoms with Crippen molar-refractivity contribution >= 4 is 5.69 Å². The van der Waals surface area contributed by atoms with E-state index in [0.717, 1.165) is 5.56 Å². The molecule has 8 nitrogen and oxygen atoms in total. The van der Waals surface area contributed by atoms with E-state index in [9.17, 15) is 15.4 Å². The Morgan fingerprint density at radius 2 is 2.03 bits per heavy atom. The van der Waals surface area contributed by atoms with Crippen LogP contribution in [0.3, 0.4) is 0 Å². The number of hydrogen-bond acceptors (Lipinski definition) is 6. The summed E-state index contributed by atoms with van der Waals surface area (Å²) in [5, 5.41) is 25.5. The van der Waals surface area contributed by atoms with E-state index in [1.807, 2.05) is 37.3 Å². The second-order valence-electron chi connectivity index (χ2n) is 6.72. The van der Waals surface area contributed by atoms with Crippen molar-refractivity contribution in [1.29, 1.82) is 5.26 Å². The summed E-state index contributed by atoms with van der Waals surface area (Å²) in [6, 6.07) is 18.1. The van der Waals surface area contributed by atoms with Crippen LogP contribution in [0.25, 0.3) is 0 Å². The maximum absolute atomic E-state index is 11.2. The van der Waals surface area contributed by atoms with E-state index in [4.69, 9.17) is 10.5 Å². The zero-order valence-corrected chi connectivity index (χ0v) is 15.6. The number of allylic oxidation sites excluding steroid dienone is 1. The molecule has 0 aliphatic carbocycles. The van der Waals surface area contributed by atoms with Crippen molar-refractivity contribution in [2.75, 3.05) is 0 Å². The first-order valence-electron chi connectivity index (χ1n) is 8.92. The van der Waals surface area contributed by atoms with Gasteiger partial charge in [-0.15, -0.1) is 0 Å². The predicted molar refractivity (Wildman–Crippen MR) is 105 cm³/mol. The summed E-state index contributed by atoms with van der Waals surface area (Å²) in [5.41, 5.74) is 9.19. The van der Waals surface area contributed by atoms with Gasteiger partial charge in [0, 0.05) is 12.1 Å². The van der Waals surface area contributed by atoms with Crippen molar-refractivity contribution in [3.05, 3.63) is 98.6 Å². The zero-order valence-electron chi connectivity index (χ0n) is 15.6. The number of nitro groups is 1. The van der Waals surface area contributed by atoms with Crippen LogP contribution in [0.1, 0.15) is 28.3 Å². The number of nitro benzene ring substituents is 1. The highest BCUT2D eigenvalue weighted by atomic mass is 16.6. The van der Waals surface area contributed by atoms with Crippen LogP contribution < -0.4 is 10.5 Å². The van der Waals surface area contributed by atoms with Gasteiger partial charge in [-0.05, 0) is 18.1 Å². The number of non-ortho nitro benzene ring substituents is 1. The third-order valence-electron chi connectivity index (χ3n) is 4.88. The van der Waals surface area contributed by atoms with E-state index in [1.54, 1.807) is 16.8 Å². The Bertz CT molecular complexity index is 1170. The SMILES string of the molecule is Cc1nn(Cc2ccccc2)c2c1[C@H](c1cccc([N+](=O)[O-])c1)C(C#N)=C(N)O2. The smallest absolute Gasteiger partial charge is 0.269 e. The van der Waals surface area contributed by atoms with Crippen LogP contribution in [0.5, 0.6) is 5.88 Å². The summed E-state index contributed by atoms with van der Waals surface area (Å²) in [5.74, 6) is -0.168. The molecular weight excluding hydrogens is 370 g/mol. The summed E-state index contributed by atoms with van der Waals surface area (Å²) in [6.07, 6.45) is 0. The highest BCUT2D eigenvalue weighted by Crippen LogP contribution is 2.44. The van der Waals surface area contributed by atoms with Gasteiger partial charge in [0.25, 0.3) is 5.69 Å². The Balaban J connectivity index is 1.86. The van der Waals surface area contributed by atoms with Crippen LogP contribution in [0.2, 0.25) is 0 Å². The van der Waals surface area contributed by atoms with Crippen molar-refractivity contribution in [2.24, 2.45) is 5.73 Å². The second kappa shape index (κ2) is 7.13. The molecule has 4 rings (SSSR count). The van der Waals surface area contributed by atoms with Gasteiger partial charge in [-0.1, -0.05) is 42.5 Å². The van der Waals surface area contributed by atoms with Gasteiger partial charge in [-0.25, -0.2) is 4.68 Å².